The fraction of sp³-hybridized carbons (Fsp3) is 0.111. The van der Waals surface area contributed by atoms with Gasteiger partial charge in [-0.2, -0.15) is 0 Å². The highest BCUT2D eigenvalue weighted by Crippen LogP contribution is 2.27. The minimum absolute atomic E-state index is 0.279. The number of benzene rings is 1. The fourth-order valence-electron chi connectivity index (χ4n) is 3.15. The maximum atomic E-state index is 13.9. The van der Waals surface area contributed by atoms with Crippen molar-refractivity contribution >= 4 is 28.0 Å². The highest BCUT2D eigenvalue weighted by molar-refractivity contribution is 5.82. The van der Waals surface area contributed by atoms with Crippen molar-refractivity contribution in [1.29, 1.82) is 0 Å². The molecule has 1 atom stereocenters. The van der Waals surface area contributed by atoms with Crippen LogP contribution < -0.4 is 5.32 Å². The van der Waals surface area contributed by atoms with E-state index in [0.29, 0.717) is 39.7 Å². The van der Waals surface area contributed by atoms with Gasteiger partial charge in [-0.25, -0.2) is 29.3 Å². The molecule has 1 aromatic carbocycles. The molecule has 4 heterocycles. The molecule has 0 radical (unpaired) electrons. The lowest BCUT2D eigenvalue weighted by Crippen LogP contribution is -2.15. The van der Waals surface area contributed by atoms with Gasteiger partial charge in [-0.15, -0.1) is 0 Å². The van der Waals surface area contributed by atoms with Crippen molar-refractivity contribution in [1.82, 2.24) is 39.5 Å². The molecule has 0 bridgehead atoms. The van der Waals surface area contributed by atoms with E-state index in [4.69, 9.17) is 4.98 Å². The summed E-state index contributed by atoms with van der Waals surface area (Å²) in [5.74, 6) is 1.44. The minimum Gasteiger partial charge on any atom is -0.358 e. The summed E-state index contributed by atoms with van der Waals surface area (Å²) < 4.78 is 15.7. The molecule has 0 saturated heterocycles. The number of anilines is 1. The van der Waals surface area contributed by atoms with Crippen LogP contribution in [0.5, 0.6) is 0 Å². The number of rotatable bonds is 4. The Morgan fingerprint density at radius 2 is 2.07 bits per heavy atom. The molecule has 1 unspecified atom stereocenters. The summed E-state index contributed by atoms with van der Waals surface area (Å²) in [6.45, 7) is 1.94. The molecule has 0 aliphatic carbocycles. The van der Waals surface area contributed by atoms with Crippen LogP contribution in [0, 0.1) is 5.82 Å². The van der Waals surface area contributed by atoms with Crippen LogP contribution in [0.3, 0.4) is 0 Å². The van der Waals surface area contributed by atoms with E-state index < -0.39 is 0 Å². The molecule has 4 aromatic heterocycles. The Labute approximate surface area is 157 Å². The summed E-state index contributed by atoms with van der Waals surface area (Å²) in [6, 6.07) is 4.19. The van der Waals surface area contributed by atoms with Crippen LogP contribution in [-0.4, -0.2) is 39.5 Å². The fourth-order valence-corrected chi connectivity index (χ4v) is 3.15. The normalized spacial score (nSPS) is 12.5. The Bertz CT molecular complexity index is 1280. The van der Waals surface area contributed by atoms with Gasteiger partial charge in [0, 0.05) is 18.5 Å². The van der Waals surface area contributed by atoms with E-state index in [2.05, 4.69) is 35.2 Å². The third kappa shape index (κ3) is 2.62. The lowest BCUT2D eigenvalue weighted by molar-refractivity contribution is 0.629. The van der Waals surface area contributed by atoms with Crippen LogP contribution in [-0.2, 0) is 0 Å². The molecule has 5 rings (SSSR count). The zero-order valence-corrected chi connectivity index (χ0v) is 14.7. The SMILES string of the molecule is CC(Nc1ncnc2nc[nH]c12)c1nc2ccc(F)cc2n1-c1cnccn1. The van der Waals surface area contributed by atoms with Crippen LogP contribution >= 0.6 is 0 Å². The second-order valence-electron chi connectivity index (χ2n) is 6.19. The Morgan fingerprint density at radius 3 is 2.93 bits per heavy atom. The first-order valence-electron chi connectivity index (χ1n) is 8.55. The van der Waals surface area contributed by atoms with Gasteiger partial charge in [-0.3, -0.25) is 9.55 Å². The van der Waals surface area contributed by atoms with Crippen molar-refractivity contribution in [2.45, 2.75) is 13.0 Å². The number of hydrogen-bond donors (Lipinski definition) is 2. The number of imidazole rings is 2. The van der Waals surface area contributed by atoms with E-state index in [1.165, 1.54) is 18.5 Å². The summed E-state index contributed by atoms with van der Waals surface area (Å²) >= 11 is 0. The Balaban J connectivity index is 1.64. The summed E-state index contributed by atoms with van der Waals surface area (Å²) in [5.41, 5.74) is 2.53. The highest BCUT2D eigenvalue weighted by atomic mass is 19.1. The van der Waals surface area contributed by atoms with E-state index in [-0.39, 0.29) is 11.9 Å². The zero-order valence-electron chi connectivity index (χ0n) is 14.7. The number of halogens is 1. The van der Waals surface area contributed by atoms with Gasteiger partial charge in [-0.1, -0.05) is 0 Å². The van der Waals surface area contributed by atoms with Crippen LogP contribution in [0.25, 0.3) is 28.0 Å². The van der Waals surface area contributed by atoms with E-state index in [1.54, 1.807) is 35.6 Å². The zero-order chi connectivity index (χ0) is 19.1. The second-order valence-corrected chi connectivity index (χ2v) is 6.19. The standard InChI is InChI=1S/C18H14FN9/c1-10(26-17-15-16(23-8-22-15)24-9-25-17)18-27-12-3-2-11(19)6-13(12)28(18)14-7-20-4-5-21-14/h2-10H,1H3,(H2,22,23,24,25,26). The molecule has 0 saturated carbocycles. The monoisotopic (exact) mass is 375 g/mol. The largest absolute Gasteiger partial charge is 0.358 e. The van der Waals surface area contributed by atoms with Crippen molar-refractivity contribution in [2.75, 3.05) is 5.32 Å². The lowest BCUT2D eigenvalue weighted by Gasteiger charge is -2.16. The average Bonchev–Trinajstić information content (AvgIpc) is 3.33. The number of nitrogens with one attached hydrogen (secondary N) is 2. The van der Waals surface area contributed by atoms with E-state index >= 15 is 0 Å². The van der Waals surface area contributed by atoms with E-state index in [1.807, 2.05) is 6.92 Å². The van der Waals surface area contributed by atoms with Gasteiger partial charge >= 0.3 is 0 Å². The second kappa shape index (κ2) is 6.34. The van der Waals surface area contributed by atoms with E-state index in [9.17, 15) is 4.39 Å². The van der Waals surface area contributed by atoms with Gasteiger partial charge in [0.25, 0.3) is 0 Å². The van der Waals surface area contributed by atoms with Crippen molar-refractivity contribution in [3.05, 3.63) is 61.1 Å². The predicted octanol–water partition coefficient (Wildman–Crippen LogP) is 2.79. The summed E-state index contributed by atoms with van der Waals surface area (Å²) in [5, 5.41) is 3.33. The summed E-state index contributed by atoms with van der Waals surface area (Å²) in [6.07, 6.45) is 7.79. The van der Waals surface area contributed by atoms with Crippen molar-refractivity contribution in [3.63, 3.8) is 0 Å². The van der Waals surface area contributed by atoms with Crippen LogP contribution in [0.15, 0.2) is 49.4 Å². The van der Waals surface area contributed by atoms with Gasteiger partial charge in [0.1, 0.15) is 23.5 Å². The molecule has 0 spiro atoms. The first-order valence-corrected chi connectivity index (χ1v) is 8.55. The molecule has 138 valence electrons. The minimum atomic E-state index is -0.348. The summed E-state index contributed by atoms with van der Waals surface area (Å²) in [7, 11) is 0. The first-order chi connectivity index (χ1) is 13.7. The maximum Gasteiger partial charge on any atom is 0.182 e. The predicted molar refractivity (Wildman–Crippen MR) is 100 cm³/mol. The topological polar surface area (TPSA) is 110 Å². The smallest absolute Gasteiger partial charge is 0.182 e. The maximum absolute atomic E-state index is 13.9. The lowest BCUT2D eigenvalue weighted by atomic mass is 10.3. The molecule has 0 aliphatic heterocycles. The van der Waals surface area contributed by atoms with Crippen molar-refractivity contribution in [3.8, 4) is 5.82 Å². The number of hydrogen-bond acceptors (Lipinski definition) is 7. The van der Waals surface area contributed by atoms with Gasteiger partial charge in [0.05, 0.1) is 29.6 Å². The van der Waals surface area contributed by atoms with Crippen LogP contribution in [0.1, 0.15) is 18.8 Å². The third-order valence-corrected chi connectivity index (χ3v) is 4.38. The molecular weight excluding hydrogens is 361 g/mol. The van der Waals surface area contributed by atoms with Crippen LogP contribution in [0.4, 0.5) is 10.2 Å². The summed E-state index contributed by atoms with van der Waals surface area (Å²) in [4.78, 5) is 28.8. The average molecular weight is 375 g/mol. The molecule has 5 aromatic rings. The Morgan fingerprint density at radius 1 is 1.14 bits per heavy atom. The highest BCUT2D eigenvalue weighted by Gasteiger charge is 2.20. The number of nitrogens with zero attached hydrogens (tertiary/aromatic N) is 7. The number of aromatic amines is 1. The Kier molecular flexibility index (Phi) is 3.68. The molecule has 0 amide bonds. The van der Waals surface area contributed by atoms with Gasteiger partial charge in [-0.05, 0) is 19.1 Å². The molecule has 2 N–H and O–H groups in total. The molecule has 0 aliphatic rings. The Hall–Kier alpha value is -3.95. The molecule has 10 heteroatoms. The third-order valence-electron chi connectivity index (χ3n) is 4.38. The van der Waals surface area contributed by atoms with Gasteiger partial charge in [0.15, 0.2) is 17.3 Å². The number of fused-ring (bicyclic) bond motifs is 2. The first kappa shape index (κ1) is 16.2. The number of aromatic nitrogens is 8. The molecule has 28 heavy (non-hydrogen) atoms. The van der Waals surface area contributed by atoms with E-state index in [0.717, 1.165) is 0 Å². The quantitative estimate of drug-likeness (QED) is 0.497. The molecule has 0 fully saturated rings. The van der Waals surface area contributed by atoms with Crippen LogP contribution in [0.2, 0.25) is 0 Å². The molecule has 9 nitrogen and oxygen atoms in total. The number of H-pyrrole nitrogens is 1. The van der Waals surface area contributed by atoms with Crippen molar-refractivity contribution < 1.29 is 4.39 Å². The van der Waals surface area contributed by atoms with Gasteiger partial charge < -0.3 is 10.3 Å². The molecular formula is C18H14FN9. The van der Waals surface area contributed by atoms with Crippen molar-refractivity contribution in [2.24, 2.45) is 0 Å². The van der Waals surface area contributed by atoms with Gasteiger partial charge in [0.2, 0.25) is 0 Å².